The van der Waals surface area contributed by atoms with E-state index in [-0.39, 0.29) is 5.91 Å². The van der Waals surface area contributed by atoms with Crippen LogP contribution in [0.5, 0.6) is 0 Å². The van der Waals surface area contributed by atoms with E-state index >= 15 is 0 Å². The summed E-state index contributed by atoms with van der Waals surface area (Å²) < 4.78 is 6.18. The van der Waals surface area contributed by atoms with Crippen molar-refractivity contribution in [1.29, 1.82) is 0 Å². The number of likely N-dealkylation sites (N-methyl/N-ethyl adjacent to an activating group) is 1. The van der Waals surface area contributed by atoms with Crippen LogP contribution in [0.3, 0.4) is 0 Å². The number of rotatable bonds is 5. The summed E-state index contributed by atoms with van der Waals surface area (Å²) >= 11 is 1.37. The van der Waals surface area contributed by atoms with Gasteiger partial charge >= 0.3 is 5.97 Å². The Morgan fingerprint density at radius 2 is 2.05 bits per heavy atom. The standard InChI is InChI=1S/C15H17NO4S/c1-9(15(18)19)16(2)14(17)13-11(8-20-3)10-6-4-5-7-12(10)21-13/h4-7,9H,8H2,1-3H3,(H,18,19). The van der Waals surface area contributed by atoms with Crippen LogP contribution in [0.25, 0.3) is 10.1 Å². The van der Waals surface area contributed by atoms with Crippen molar-refractivity contribution in [3.8, 4) is 0 Å². The van der Waals surface area contributed by atoms with Gasteiger partial charge in [0.1, 0.15) is 6.04 Å². The van der Waals surface area contributed by atoms with Crippen molar-refractivity contribution < 1.29 is 19.4 Å². The van der Waals surface area contributed by atoms with Gasteiger partial charge in [0, 0.05) is 24.4 Å². The molecule has 0 spiro atoms. The van der Waals surface area contributed by atoms with Crippen molar-refractivity contribution in [3.05, 3.63) is 34.7 Å². The van der Waals surface area contributed by atoms with Gasteiger partial charge in [-0.25, -0.2) is 4.79 Å². The molecule has 0 saturated heterocycles. The highest BCUT2D eigenvalue weighted by atomic mass is 32.1. The van der Waals surface area contributed by atoms with Crippen LogP contribution >= 0.6 is 11.3 Å². The van der Waals surface area contributed by atoms with Crippen molar-refractivity contribution in [2.75, 3.05) is 14.2 Å². The summed E-state index contributed by atoms with van der Waals surface area (Å²) in [6.07, 6.45) is 0. The zero-order valence-electron chi connectivity index (χ0n) is 12.1. The zero-order chi connectivity index (χ0) is 15.6. The molecular weight excluding hydrogens is 290 g/mol. The number of fused-ring (bicyclic) bond motifs is 1. The summed E-state index contributed by atoms with van der Waals surface area (Å²) in [6.45, 7) is 1.81. The van der Waals surface area contributed by atoms with Crippen LogP contribution in [-0.4, -0.2) is 42.1 Å². The molecule has 6 heteroatoms. The van der Waals surface area contributed by atoms with Crippen LogP contribution < -0.4 is 0 Å². The number of benzene rings is 1. The highest BCUT2D eigenvalue weighted by molar-refractivity contribution is 7.21. The highest BCUT2D eigenvalue weighted by Gasteiger charge is 2.26. The largest absolute Gasteiger partial charge is 0.480 e. The molecule has 1 aromatic heterocycles. The Kier molecular flexibility index (Phi) is 4.59. The minimum Gasteiger partial charge on any atom is -0.480 e. The molecule has 2 aromatic rings. The van der Waals surface area contributed by atoms with Gasteiger partial charge < -0.3 is 14.7 Å². The lowest BCUT2D eigenvalue weighted by Gasteiger charge is -2.21. The second-order valence-electron chi connectivity index (χ2n) is 4.77. The summed E-state index contributed by atoms with van der Waals surface area (Å²) in [7, 11) is 3.08. The van der Waals surface area contributed by atoms with Gasteiger partial charge in [-0.1, -0.05) is 18.2 Å². The average molecular weight is 307 g/mol. The predicted octanol–water partition coefficient (Wildman–Crippen LogP) is 2.59. The minimum atomic E-state index is -1.03. The molecule has 0 aliphatic carbocycles. The Morgan fingerprint density at radius 3 is 2.67 bits per heavy atom. The monoisotopic (exact) mass is 307 g/mol. The van der Waals surface area contributed by atoms with E-state index in [1.807, 2.05) is 24.3 Å². The van der Waals surface area contributed by atoms with Crippen LogP contribution in [0.2, 0.25) is 0 Å². The maximum absolute atomic E-state index is 12.6. The van der Waals surface area contributed by atoms with E-state index in [9.17, 15) is 9.59 Å². The number of carboxylic acid groups (broad SMARTS) is 1. The van der Waals surface area contributed by atoms with Crippen LogP contribution in [0.15, 0.2) is 24.3 Å². The van der Waals surface area contributed by atoms with E-state index < -0.39 is 12.0 Å². The number of amides is 1. The number of carbonyl (C=O) groups is 2. The Balaban J connectivity index is 2.47. The maximum Gasteiger partial charge on any atom is 0.326 e. The van der Waals surface area contributed by atoms with Crippen molar-refractivity contribution >= 4 is 33.3 Å². The lowest BCUT2D eigenvalue weighted by Crippen LogP contribution is -2.40. The Morgan fingerprint density at radius 1 is 1.38 bits per heavy atom. The second-order valence-corrected chi connectivity index (χ2v) is 5.82. The van der Waals surface area contributed by atoms with Crippen LogP contribution in [0.1, 0.15) is 22.2 Å². The number of methoxy groups -OCH3 is 1. The van der Waals surface area contributed by atoms with Crippen molar-refractivity contribution in [2.45, 2.75) is 19.6 Å². The lowest BCUT2D eigenvalue weighted by atomic mass is 10.1. The van der Waals surface area contributed by atoms with Crippen molar-refractivity contribution in [1.82, 2.24) is 4.90 Å². The van der Waals surface area contributed by atoms with Crippen LogP contribution in [0, 0.1) is 0 Å². The Hall–Kier alpha value is -1.92. The smallest absolute Gasteiger partial charge is 0.326 e. The first-order valence-corrected chi connectivity index (χ1v) is 7.28. The summed E-state index contributed by atoms with van der Waals surface area (Å²) in [5.41, 5.74) is 0.813. The third kappa shape index (κ3) is 2.91. The van der Waals surface area contributed by atoms with E-state index in [0.29, 0.717) is 11.5 Å². The van der Waals surface area contributed by atoms with Crippen molar-refractivity contribution in [2.24, 2.45) is 0 Å². The number of carboxylic acids is 1. The number of thiophene rings is 1. The molecule has 0 saturated carbocycles. The normalized spacial score (nSPS) is 12.3. The van der Waals surface area contributed by atoms with Gasteiger partial charge in [-0.15, -0.1) is 11.3 Å². The van der Waals surface area contributed by atoms with E-state index in [4.69, 9.17) is 9.84 Å². The SMILES string of the molecule is COCc1c(C(=O)N(C)C(C)C(=O)O)sc2ccccc12. The molecule has 21 heavy (non-hydrogen) atoms. The predicted molar refractivity (Wildman–Crippen MR) is 81.7 cm³/mol. The average Bonchev–Trinajstić information content (AvgIpc) is 2.84. The number of hydrogen-bond donors (Lipinski definition) is 1. The first-order valence-electron chi connectivity index (χ1n) is 6.46. The molecule has 1 aromatic carbocycles. The first kappa shape index (κ1) is 15.5. The molecule has 0 bridgehead atoms. The van der Waals surface area contributed by atoms with Gasteiger partial charge in [0.05, 0.1) is 11.5 Å². The first-order chi connectivity index (χ1) is 9.97. The zero-order valence-corrected chi connectivity index (χ0v) is 12.9. The number of hydrogen-bond acceptors (Lipinski definition) is 4. The molecule has 0 aliphatic rings. The lowest BCUT2D eigenvalue weighted by molar-refractivity contribution is -0.141. The number of carbonyl (C=O) groups excluding carboxylic acids is 1. The van der Waals surface area contributed by atoms with Gasteiger partial charge in [0.15, 0.2) is 0 Å². The molecule has 0 radical (unpaired) electrons. The fourth-order valence-electron chi connectivity index (χ4n) is 2.06. The summed E-state index contributed by atoms with van der Waals surface area (Å²) in [6, 6.07) is 6.83. The third-order valence-corrected chi connectivity index (χ3v) is 4.64. The van der Waals surface area contributed by atoms with Crippen molar-refractivity contribution in [3.63, 3.8) is 0 Å². The molecule has 1 heterocycles. The quantitative estimate of drug-likeness (QED) is 0.922. The second kappa shape index (κ2) is 6.24. The molecule has 5 nitrogen and oxygen atoms in total. The van der Waals surface area contributed by atoms with Gasteiger partial charge in [-0.2, -0.15) is 0 Å². The maximum atomic E-state index is 12.6. The Bertz CT molecular complexity index is 679. The van der Waals surface area contributed by atoms with Gasteiger partial charge in [0.2, 0.25) is 0 Å². The number of nitrogens with zero attached hydrogens (tertiary/aromatic N) is 1. The molecular formula is C15H17NO4S. The summed E-state index contributed by atoms with van der Waals surface area (Å²) in [5, 5.41) is 10.0. The number of aliphatic carboxylic acids is 1. The molecule has 0 fully saturated rings. The molecule has 1 amide bonds. The molecule has 112 valence electrons. The molecule has 1 N–H and O–H groups in total. The molecule has 1 atom stereocenters. The topological polar surface area (TPSA) is 66.8 Å². The minimum absolute atomic E-state index is 0.293. The van der Waals surface area contributed by atoms with Gasteiger partial charge in [-0.05, 0) is 18.4 Å². The highest BCUT2D eigenvalue weighted by Crippen LogP contribution is 2.32. The Labute approximate surface area is 126 Å². The fraction of sp³-hybridized carbons (Fsp3) is 0.333. The fourth-order valence-corrected chi connectivity index (χ4v) is 3.25. The summed E-state index contributed by atoms with van der Waals surface area (Å²) in [4.78, 5) is 25.4. The van der Waals surface area contributed by atoms with E-state index in [0.717, 1.165) is 15.6 Å². The van der Waals surface area contributed by atoms with Crippen LogP contribution in [-0.2, 0) is 16.1 Å². The summed E-state index contributed by atoms with van der Waals surface area (Å²) in [5.74, 6) is -1.32. The number of ether oxygens (including phenoxy) is 1. The molecule has 1 unspecified atom stereocenters. The van der Waals surface area contributed by atoms with E-state index in [1.54, 1.807) is 7.11 Å². The molecule has 0 aliphatic heterocycles. The van der Waals surface area contributed by atoms with Gasteiger partial charge in [-0.3, -0.25) is 4.79 Å². The van der Waals surface area contributed by atoms with Crippen LogP contribution in [0.4, 0.5) is 0 Å². The van der Waals surface area contributed by atoms with E-state index in [1.165, 1.54) is 30.2 Å². The molecule has 2 rings (SSSR count). The van der Waals surface area contributed by atoms with E-state index in [2.05, 4.69) is 0 Å². The van der Waals surface area contributed by atoms with Gasteiger partial charge in [0.25, 0.3) is 5.91 Å². The third-order valence-electron chi connectivity index (χ3n) is 3.44.